The number of ether oxygens (including phenoxy) is 2. The van der Waals surface area contributed by atoms with Crippen molar-refractivity contribution in [3.05, 3.63) is 72.9 Å². The molecule has 0 rings (SSSR count). The van der Waals surface area contributed by atoms with E-state index in [1.54, 1.807) is 0 Å². The van der Waals surface area contributed by atoms with Crippen LogP contribution in [0.3, 0.4) is 0 Å². The van der Waals surface area contributed by atoms with Crippen molar-refractivity contribution in [2.45, 2.75) is 264 Å². The van der Waals surface area contributed by atoms with Crippen molar-refractivity contribution in [2.24, 2.45) is 5.73 Å². The predicted octanol–water partition coefficient (Wildman–Crippen LogP) is 17.7. The Balaban J connectivity index is 3.95. The molecule has 0 aliphatic heterocycles. The summed E-state index contributed by atoms with van der Waals surface area (Å²) in [4.78, 5) is 35.2. The molecule has 2 unspecified atom stereocenters. The summed E-state index contributed by atoms with van der Waals surface area (Å²) < 4.78 is 33.0. The van der Waals surface area contributed by atoms with Gasteiger partial charge in [0.15, 0.2) is 6.10 Å². The van der Waals surface area contributed by atoms with Gasteiger partial charge in [-0.3, -0.25) is 18.6 Å². The van der Waals surface area contributed by atoms with Crippen LogP contribution in [0.25, 0.3) is 0 Å². The molecule has 0 spiro atoms. The molecule has 0 aromatic heterocycles. The molecule has 3 N–H and O–H groups in total. The van der Waals surface area contributed by atoms with Crippen molar-refractivity contribution >= 4 is 19.8 Å². The molecule has 0 radical (unpaired) electrons. The number of allylic oxidation sites excluding steroid dienone is 12. The van der Waals surface area contributed by atoms with E-state index in [1.165, 1.54) is 154 Å². The van der Waals surface area contributed by atoms with Gasteiger partial charge in [-0.05, 0) is 83.5 Å². The first-order valence-electron chi connectivity index (χ1n) is 28.4. The van der Waals surface area contributed by atoms with Gasteiger partial charge in [0.05, 0.1) is 13.2 Å². The standard InChI is InChI=1S/C59H106NO8P/c1-3-5-7-9-11-13-15-17-19-21-23-24-25-26-27-28-29-30-31-32-34-36-38-40-42-44-46-48-50-52-59(62)68-57(56-67-69(63,64)66-54-53-60)55-65-58(61)51-49-47-45-43-41-39-37-35-33-22-20-18-16-14-12-10-8-6-4-2/h5,7,11-14,17-20,23-24,57H,3-4,6,8-10,15-16,21-22,25-56,60H2,1-2H3,(H,63,64)/b7-5-,13-11-,14-12-,19-17-,20-18-,24-23-. The van der Waals surface area contributed by atoms with Crippen LogP contribution in [0.15, 0.2) is 72.9 Å². The van der Waals surface area contributed by atoms with Gasteiger partial charge in [-0.25, -0.2) is 4.57 Å². The van der Waals surface area contributed by atoms with Crippen LogP contribution >= 0.6 is 7.82 Å². The third kappa shape index (κ3) is 54.6. The zero-order valence-electron chi connectivity index (χ0n) is 44.5. The minimum atomic E-state index is -4.39. The highest BCUT2D eigenvalue weighted by Gasteiger charge is 2.26. The number of esters is 2. The van der Waals surface area contributed by atoms with Gasteiger partial charge in [0.25, 0.3) is 0 Å². The summed E-state index contributed by atoms with van der Waals surface area (Å²) in [7, 11) is -4.39. The third-order valence-electron chi connectivity index (χ3n) is 12.1. The topological polar surface area (TPSA) is 134 Å². The number of phosphoric acid groups is 1. The van der Waals surface area contributed by atoms with Crippen LogP contribution < -0.4 is 5.73 Å². The Morgan fingerprint density at radius 1 is 0.449 bits per heavy atom. The first-order valence-corrected chi connectivity index (χ1v) is 29.9. The van der Waals surface area contributed by atoms with Gasteiger partial charge in [-0.15, -0.1) is 0 Å². The lowest BCUT2D eigenvalue weighted by molar-refractivity contribution is -0.161. The second-order valence-corrected chi connectivity index (χ2v) is 20.2. The van der Waals surface area contributed by atoms with E-state index in [4.69, 9.17) is 24.3 Å². The van der Waals surface area contributed by atoms with E-state index in [0.29, 0.717) is 6.42 Å². The fourth-order valence-corrected chi connectivity index (χ4v) is 8.66. The molecule has 0 aliphatic carbocycles. The maximum absolute atomic E-state index is 12.7. The molecular weight excluding hydrogens is 882 g/mol. The average Bonchev–Trinajstić information content (AvgIpc) is 3.34. The van der Waals surface area contributed by atoms with E-state index < -0.39 is 26.5 Å². The SMILES string of the molecule is CC/C=C\C/C=C\C/C=C\C/C=C\CCCCCCCCCCCCCCCCCCC(=O)OC(COC(=O)CCCCCCCCCCC/C=C\C/C=C\CCCCC)COP(=O)(O)OCCN. The van der Waals surface area contributed by atoms with Crippen LogP contribution in [0.2, 0.25) is 0 Å². The molecule has 10 heteroatoms. The van der Waals surface area contributed by atoms with Gasteiger partial charge in [0.1, 0.15) is 6.61 Å². The maximum Gasteiger partial charge on any atom is 0.472 e. The number of hydrogen-bond donors (Lipinski definition) is 2. The summed E-state index contributed by atoms with van der Waals surface area (Å²) in [5, 5.41) is 0. The number of hydrogen-bond acceptors (Lipinski definition) is 8. The molecule has 0 saturated carbocycles. The smallest absolute Gasteiger partial charge is 0.462 e. The van der Waals surface area contributed by atoms with Crippen molar-refractivity contribution < 1.29 is 37.6 Å². The number of unbranched alkanes of at least 4 members (excludes halogenated alkanes) is 28. The molecule has 0 fully saturated rings. The Morgan fingerprint density at radius 3 is 1.19 bits per heavy atom. The molecule has 0 aromatic rings. The van der Waals surface area contributed by atoms with Gasteiger partial charge in [0, 0.05) is 19.4 Å². The average molecular weight is 988 g/mol. The summed E-state index contributed by atoms with van der Waals surface area (Å²) in [6, 6.07) is 0. The quantitative estimate of drug-likeness (QED) is 0.0264. The van der Waals surface area contributed by atoms with Crippen molar-refractivity contribution in [1.29, 1.82) is 0 Å². The zero-order valence-corrected chi connectivity index (χ0v) is 45.4. The van der Waals surface area contributed by atoms with Crippen LogP contribution in [0.5, 0.6) is 0 Å². The van der Waals surface area contributed by atoms with Gasteiger partial charge >= 0.3 is 19.8 Å². The van der Waals surface area contributed by atoms with Crippen molar-refractivity contribution in [1.82, 2.24) is 0 Å². The van der Waals surface area contributed by atoms with E-state index in [2.05, 4.69) is 86.8 Å². The van der Waals surface area contributed by atoms with E-state index in [9.17, 15) is 19.0 Å². The second-order valence-electron chi connectivity index (χ2n) is 18.8. The summed E-state index contributed by atoms with van der Waals surface area (Å²) in [5.41, 5.74) is 5.38. The van der Waals surface area contributed by atoms with Gasteiger partial charge in [0.2, 0.25) is 0 Å². The molecule has 400 valence electrons. The van der Waals surface area contributed by atoms with Crippen LogP contribution in [0.4, 0.5) is 0 Å². The molecular formula is C59H106NO8P. The van der Waals surface area contributed by atoms with Crippen LogP contribution in [-0.2, 0) is 32.7 Å². The van der Waals surface area contributed by atoms with E-state index in [-0.39, 0.29) is 38.6 Å². The Bertz CT molecular complexity index is 1360. The molecule has 0 heterocycles. The molecule has 9 nitrogen and oxygen atoms in total. The van der Waals surface area contributed by atoms with Gasteiger partial charge < -0.3 is 20.1 Å². The first-order chi connectivity index (χ1) is 33.8. The highest BCUT2D eigenvalue weighted by Crippen LogP contribution is 2.43. The van der Waals surface area contributed by atoms with Crippen LogP contribution in [0.1, 0.15) is 258 Å². The largest absolute Gasteiger partial charge is 0.472 e. The normalized spacial score (nSPS) is 13.6. The summed E-state index contributed by atoms with van der Waals surface area (Å²) in [5.74, 6) is -0.827. The fourth-order valence-electron chi connectivity index (χ4n) is 7.89. The van der Waals surface area contributed by atoms with Crippen molar-refractivity contribution in [2.75, 3.05) is 26.4 Å². The number of phosphoric ester groups is 1. The third-order valence-corrected chi connectivity index (χ3v) is 13.1. The Hall–Kier alpha value is -2.55. The lowest BCUT2D eigenvalue weighted by atomic mass is 10.0. The van der Waals surface area contributed by atoms with Crippen molar-refractivity contribution in [3.8, 4) is 0 Å². The van der Waals surface area contributed by atoms with Crippen molar-refractivity contribution in [3.63, 3.8) is 0 Å². The Kier molecular flexibility index (Phi) is 52.8. The molecule has 0 bridgehead atoms. The fraction of sp³-hybridized carbons (Fsp3) is 0.763. The monoisotopic (exact) mass is 988 g/mol. The minimum absolute atomic E-state index is 0.0513. The number of carbonyl (C=O) groups excluding carboxylic acids is 2. The maximum atomic E-state index is 12.7. The highest BCUT2D eigenvalue weighted by molar-refractivity contribution is 7.47. The molecule has 69 heavy (non-hydrogen) atoms. The molecule has 0 amide bonds. The molecule has 2 atom stereocenters. The zero-order chi connectivity index (χ0) is 50.2. The Labute approximate surface area is 424 Å². The lowest BCUT2D eigenvalue weighted by Crippen LogP contribution is -2.29. The van der Waals surface area contributed by atoms with Crippen LogP contribution in [-0.4, -0.2) is 49.3 Å². The summed E-state index contributed by atoms with van der Waals surface area (Å²) in [6.07, 6.45) is 69.5. The van der Waals surface area contributed by atoms with E-state index in [0.717, 1.165) is 70.6 Å². The number of nitrogens with two attached hydrogens (primary N) is 1. The molecule has 0 aromatic carbocycles. The van der Waals surface area contributed by atoms with Gasteiger partial charge in [-0.2, -0.15) is 0 Å². The van der Waals surface area contributed by atoms with E-state index >= 15 is 0 Å². The minimum Gasteiger partial charge on any atom is -0.462 e. The number of carbonyl (C=O) groups is 2. The van der Waals surface area contributed by atoms with Gasteiger partial charge in [-0.1, -0.05) is 234 Å². The lowest BCUT2D eigenvalue weighted by Gasteiger charge is -2.19. The second kappa shape index (κ2) is 54.8. The number of rotatable bonds is 53. The van der Waals surface area contributed by atoms with Crippen LogP contribution in [0, 0.1) is 0 Å². The first kappa shape index (κ1) is 66.5. The molecule has 0 aliphatic rings. The Morgan fingerprint density at radius 2 is 0.797 bits per heavy atom. The molecule has 0 saturated heterocycles. The highest BCUT2D eigenvalue weighted by atomic mass is 31.2. The summed E-state index contributed by atoms with van der Waals surface area (Å²) >= 11 is 0. The predicted molar refractivity (Wildman–Crippen MR) is 293 cm³/mol. The summed E-state index contributed by atoms with van der Waals surface area (Å²) in [6.45, 7) is 3.62. The van der Waals surface area contributed by atoms with E-state index in [1.807, 2.05) is 0 Å².